The lowest BCUT2D eigenvalue weighted by Crippen LogP contribution is -2.21. The summed E-state index contributed by atoms with van der Waals surface area (Å²) in [5, 5.41) is 209. The Bertz CT molecular complexity index is 3570. The molecular weight excluding hydrogens is 1220 g/mol. The van der Waals surface area contributed by atoms with E-state index in [1.807, 2.05) is 0 Å². The second-order valence-electron chi connectivity index (χ2n) is 28.3. The monoisotopic (exact) mass is 1310 g/mol. The highest BCUT2D eigenvalue weighted by atomic mass is 16.3. The summed E-state index contributed by atoms with van der Waals surface area (Å²) in [6.07, 6.45) is 0. The standard InChI is InChI=1S/C76H84N4O16/c1-29-37-13-39-30(2)41-15-43-32(4)44-16-42-31(3)40-14-38(29)62(82)54(64(40)84)22-78(10)24-56-70(90)46-18-48(72(56)92)35(7)50-20-52(76(96)60(74(50)94)28-80(12)26-58(66(42)86)68(44)88)36(8)51-19-49(73(93)59(75(51)95)27-79(11)25-57(65(41)85)67(43)87)34(6)47-17-45(33(46)5)69(89)55(71(47)91)23-77(9)21-53(61(37)81)63(39)83/h13-20,29-36,81-96H,21-28H2,1-12H3. The largest absolute Gasteiger partial charge is 0.507 e. The molecule has 8 aromatic carbocycles. The van der Waals surface area contributed by atoms with Gasteiger partial charge in [0.1, 0.15) is 92.0 Å². The Hall–Kier alpha value is -9.60. The smallest absolute Gasteiger partial charge is 0.127 e. The molecule has 0 aromatic heterocycles. The molecule has 0 unspecified atom stereocenters. The second kappa shape index (κ2) is 23.1. The molecule has 0 radical (unpaired) electrons. The van der Waals surface area contributed by atoms with Crippen LogP contribution >= 0.6 is 0 Å². The van der Waals surface area contributed by atoms with E-state index in [1.54, 1.807) is 152 Å². The van der Waals surface area contributed by atoms with E-state index >= 15 is 0 Å². The molecule has 24 bridgehead atoms. The molecule has 8 aromatic rings. The van der Waals surface area contributed by atoms with Crippen LogP contribution in [0.15, 0.2) is 48.5 Å². The van der Waals surface area contributed by atoms with Crippen molar-refractivity contribution >= 4 is 0 Å². The number of hydrogen-bond acceptors (Lipinski definition) is 20. The molecule has 20 nitrogen and oxygen atoms in total. The molecule has 2 aliphatic carbocycles. The van der Waals surface area contributed by atoms with Gasteiger partial charge >= 0.3 is 0 Å². The topological polar surface area (TPSA) is 337 Å². The third-order valence-corrected chi connectivity index (χ3v) is 22.3. The van der Waals surface area contributed by atoms with E-state index < -0.39 is 139 Å². The van der Waals surface area contributed by atoms with Crippen molar-refractivity contribution in [2.24, 2.45) is 0 Å². The number of hydrogen-bond donors (Lipinski definition) is 16. The summed E-state index contributed by atoms with van der Waals surface area (Å²) in [5.74, 6) is -14.8. The van der Waals surface area contributed by atoms with Crippen molar-refractivity contribution in [1.82, 2.24) is 19.6 Å². The van der Waals surface area contributed by atoms with E-state index in [1.165, 1.54) is 0 Å². The number of aromatic hydroxyl groups is 16. The molecule has 14 rings (SSSR count). The van der Waals surface area contributed by atoms with Crippen LogP contribution in [0.1, 0.15) is 236 Å². The van der Waals surface area contributed by atoms with Crippen molar-refractivity contribution in [2.75, 3.05) is 28.2 Å². The molecule has 20 heteroatoms. The van der Waals surface area contributed by atoms with Crippen LogP contribution in [-0.2, 0) is 52.4 Å². The van der Waals surface area contributed by atoms with Gasteiger partial charge in [-0.05, 0) is 76.7 Å². The lowest BCUT2D eigenvalue weighted by Gasteiger charge is -2.32. The number of phenolic OH excluding ortho intramolecular Hbond substituents is 16. The van der Waals surface area contributed by atoms with Crippen LogP contribution in [0.4, 0.5) is 0 Å². The van der Waals surface area contributed by atoms with Crippen LogP contribution < -0.4 is 0 Å². The van der Waals surface area contributed by atoms with Crippen molar-refractivity contribution < 1.29 is 81.7 Å². The Labute approximate surface area is 556 Å². The lowest BCUT2D eigenvalue weighted by atomic mass is 9.77. The van der Waals surface area contributed by atoms with Gasteiger partial charge < -0.3 is 81.7 Å². The zero-order valence-electron chi connectivity index (χ0n) is 55.8. The van der Waals surface area contributed by atoms with E-state index in [0.29, 0.717) is 0 Å². The van der Waals surface area contributed by atoms with Gasteiger partial charge in [0.05, 0.1) is 44.5 Å². The minimum atomic E-state index is -1.04. The summed E-state index contributed by atoms with van der Waals surface area (Å²) < 4.78 is 0. The fourth-order valence-corrected chi connectivity index (χ4v) is 16.3. The molecule has 6 aliphatic rings. The lowest BCUT2D eigenvalue weighted by molar-refractivity contribution is 0.289. The summed E-state index contributed by atoms with van der Waals surface area (Å²) in [7, 11) is 6.56. The van der Waals surface area contributed by atoms with Gasteiger partial charge in [-0.25, -0.2) is 0 Å². The van der Waals surface area contributed by atoms with Crippen molar-refractivity contribution in [3.8, 4) is 92.0 Å². The highest BCUT2D eigenvalue weighted by Gasteiger charge is 2.40. The predicted molar refractivity (Wildman–Crippen MR) is 359 cm³/mol. The molecule has 16 N–H and O–H groups in total. The van der Waals surface area contributed by atoms with E-state index in [4.69, 9.17) is 0 Å². The van der Waals surface area contributed by atoms with Gasteiger partial charge in [0.15, 0.2) is 0 Å². The first-order valence-electron chi connectivity index (χ1n) is 32.6. The Morgan fingerprint density at radius 2 is 0.250 bits per heavy atom. The predicted octanol–water partition coefficient (Wildman–Crippen LogP) is 12.3. The molecule has 0 amide bonds. The number of phenols is 16. The van der Waals surface area contributed by atoms with E-state index in [-0.39, 0.29) is 186 Å². The summed E-state index contributed by atoms with van der Waals surface area (Å²) in [5.41, 5.74) is 2.29. The zero-order chi connectivity index (χ0) is 69.3. The van der Waals surface area contributed by atoms with Crippen LogP contribution in [0, 0.1) is 0 Å². The van der Waals surface area contributed by atoms with Gasteiger partial charge in [0.25, 0.3) is 0 Å². The molecule has 0 saturated heterocycles. The van der Waals surface area contributed by atoms with Crippen LogP contribution in [-0.4, -0.2) is 129 Å². The van der Waals surface area contributed by atoms with Crippen LogP contribution in [0.25, 0.3) is 0 Å². The molecule has 504 valence electrons. The van der Waals surface area contributed by atoms with Crippen molar-refractivity contribution in [1.29, 1.82) is 0 Å². The fourth-order valence-electron chi connectivity index (χ4n) is 16.3. The van der Waals surface area contributed by atoms with Crippen LogP contribution in [0.3, 0.4) is 0 Å². The first-order chi connectivity index (χ1) is 45.2. The molecule has 96 heavy (non-hydrogen) atoms. The Morgan fingerprint density at radius 1 is 0.177 bits per heavy atom. The third kappa shape index (κ3) is 9.67. The summed E-state index contributed by atoms with van der Waals surface area (Å²) >= 11 is 0. The summed E-state index contributed by atoms with van der Waals surface area (Å²) in [4.78, 5) is 6.56. The number of fused-ring (bicyclic) bond motifs is 8. The minimum absolute atomic E-state index is 0.0401. The first-order valence-corrected chi connectivity index (χ1v) is 32.6. The molecule has 0 fully saturated rings. The van der Waals surface area contributed by atoms with E-state index in [9.17, 15) is 81.7 Å². The maximum Gasteiger partial charge on any atom is 0.127 e. The van der Waals surface area contributed by atoms with Gasteiger partial charge in [0.2, 0.25) is 0 Å². The highest BCUT2D eigenvalue weighted by molar-refractivity contribution is 5.71. The molecule has 4 aliphatic heterocycles. The average molecular weight is 1310 g/mol. The quantitative estimate of drug-likeness (QED) is 0.0671. The Morgan fingerprint density at radius 3 is 0.323 bits per heavy atom. The minimum Gasteiger partial charge on any atom is -0.507 e. The number of nitrogens with zero attached hydrogens (tertiary/aromatic N) is 4. The van der Waals surface area contributed by atoms with Crippen LogP contribution in [0.5, 0.6) is 92.0 Å². The number of rotatable bonds is 0. The third-order valence-electron chi connectivity index (χ3n) is 22.3. The molecular formula is C76H84N4O16. The van der Waals surface area contributed by atoms with Gasteiger partial charge in [0, 0.05) is 189 Å². The van der Waals surface area contributed by atoms with Gasteiger partial charge in [-0.2, -0.15) is 0 Å². The molecule has 0 saturated carbocycles. The molecule has 4 heterocycles. The second-order valence-corrected chi connectivity index (χ2v) is 28.3. The van der Waals surface area contributed by atoms with Crippen LogP contribution in [0.2, 0.25) is 0 Å². The first kappa shape index (κ1) is 65.1. The SMILES string of the molecule is CC1c2cc3c(O)c(c2O)CN(C)Cc2c(O)c4cc(c2O)C(C)c2cc5c(O)c(c2O)CN(C)Cc2c(O)c(cc(c2O)C(C)c2cc6c(O)c(c2O)CN(C)Cc2c(O)c(cc(c2O)C5C)C(C)c2cc(c(O)c(c2O)CN(C)Cc2c(O)c1cc(c2O)C6C)C4C)C3C. The van der Waals surface area contributed by atoms with E-state index in [2.05, 4.69) is 0 Å². The van der Waals surface area contributed by atoms with Crippen molar-refractivity contribution in [3.63, 3.8) is 0 Å². The summed E-state index contributed by atoms with van der Waals surface area (Å²) in [6.45, 7) is 11.3. The maximum absolute atomic E-state index is 13.1. The highest BCUT2D eigenvalue weighted by Crippen LogP contribution is 2.58. The normalized spacial score (nSPS) is 22.1. The Kier molecular flexibility index (Phi) is 15.6. The van der Waals surface area contributed by atoms with Gasteiger partial charge in [-0.1, -0.05) is 55.4 Å². The van der Waals surface area contributed by atoms with Gasteiger partial charge in [-0.15, -0.1) is 0 Å². The average Bonchev–Trinajstić information content (AvgIpc) is 0.740. The molecule has 0 spiro atoms. The maximum atomic E-state index is 13.1. The number of benzene rings is 8. The molecule has 0 atom stereocenters. The van der Waals surface area contributed by atoms with E-state index in [0.717, 1.165) is 0 Å². The zero-order valence-corrected chi connectivity index (χ0v) is 55.8. The Balaban J connectivity index is 1.29. The fraction of sp³-hybridized carbons (Fsp3) is 0.368. The van der Waals surface area contributed by atoms with Crippen molar-refractivity contribution in [2.45, 2.75) is 155 Å². The van der Waals surface area contributed by atoms with Gasteiger partial charge in [-0.3, -0.25) is 19.6 Å². The van der Waals surface area contributed by atoms with Crippen molar-refractivity contribution in [3.05, 3.63) is 182 Å². The summed E-state index contributed by atoms with van der Waals surface area (Å²) in [6, 6.07) is 12.6.